The van der Waals surface area contributed by atoms with Crippen molar-refractivity contribution in [3.63, 3.8) is 0 Å². The summed E-state index contributed by atoms with van der Waals surface area (Å²) >= 11 is 0. The molecule has 1 heterocycles. The van der Waals surface area contributed by atoms with Gasteiger partial charge in [-0.15, -0.1) is 0 Å². The highest BCUT2D eigenvalue weighted by molar-refractivity contribution is 5.87. The molecule has 1 aliphatic rings. The maximum absolute atomic E-state index is 10.4. The Kier molecular flexibility index (Phi) is 17.4. The Morgan fingerprint density at radius 1 is 0.862 bits per heavy atom. The molecule has 0 aliphatic carbocycles. The lowest BCUT2D eigenvalue weighted by Gasteiger charge is -2.04. The van der Waals surface area contributed by atoms with E-state index in [1.165, 1.54) is 70.6 Å². The van der Waals surface area contributed by atoms with Crippen molar-refractivity contribution < 1.29 is 24.6 Å². The standard InChI is InChI=1S/C18H36O2.C5H7NO3/c1-17(2)15-13-11-9-7-5-3-4-6-8-10-12-14-16-18(19)20;7-4-2-1-3(6-4)5(8)9/h17H,3-16H2,1-2H3,(H,19,20);3H,1-2H2,(H,6,7)(H,8,9)/t;3-/m.0/s1. The number of aliphatic carboxylic acids is 2. The minimum absolute atomic E-state index is 0.164. The predicted octanol–water partition coefficient (Wildman–Crippen LogP) is 5.54. The van der Waals surface area contributed by atoms with Crippen LogP contribution in [0.2, 0.25) is 0 Å². The summed E-state index contributed by atoms with van der Waals surface area (Å²) in [7, 11) is 0. The van der Waals surface area contributed by atoms with E-state index >= 15 is 0 Å². The van der Waals surface area contributed by atoms with Crippen LogP contribution in [0.5, 0.6) is 0 Å². The quantitative estimate of drug-likeness (QED) is 0.288. The van der Waals surface area contributed by atoms with Gasteiger partial charge in [0.15, 0.2) is 0 Å². The summed E-state index contributed by atoms with van der Waals surface area (Å²) < 4.78 is 0. The Morgan fingerprint density at radius 3 is 1.62 bits per heavy atom. The second kappa shape index (κ2) is 18.4. The first-order valence-corrected chi connectivity index (χ1v) is 11.6. The number of carbonyl (C=O) groups excluding carboxylic acids is 1. The minimum Gasteiger partial charge on any atom is -0.481 e. The molecular weight excluding hydrogens is 370 g/mol. The van der Waals surface area contributed by atoms with Gasteiger partial charge < -0.3 is 15.5 Å². The fourth-order valence-electron chi connectivity index (χ4n) is 3.40. The van der Waals surface area contributed by atoms with Crippen LogP contribution in [-0.4, -0.2) is 34.1 Å². The molecule has 0 bridgehead atoms. The third kappa shape index (κ3) is 19.5. The van der Waals surface area contributed by atoms with E-state index in [0.717, 1.165) is 18.8 Å². The van der Waals surface area contributed by atoms with E-state index in [9.17, 15) is 14.4 Å². The van der Waals surface area contributed by atoms with Gasteiger partial charge in [-0.3, -0.25) is 9.59 Å². The number of nitrogens with one attached hydrogen (secondary N) is 1. The highest BCUT2D eigenvalue weighted by Gasteiger charge is 2.26. The monoisotopic (exact) mass is 413 g/mol. The van der Waals surface area contributed by atoms with Crippen LogP contribution in [0.15, 0.2) is 0 Å². The van der Waals surface area contributed by atoms with E-state index in [4.69, 9.17) is 10.2 Å². The molecule has 6 nitrogen and oxygen atoms in total. The average molecular weight is 414 g/mol. The lowest BCUT2D eigenvalue weighted by molar-refractivity contribution is -0.140. The molecule has 29 heavy (non-hydrogen) atoms. The SMILES string of the molecule is CC(C)CCCCCCCCCCCCCCC(=O)O.O=C1CC[C@@H](C(=O)O)N1. The van der Waals surface area contributed by atoms with Crippen LogP contribution in [0.1, 0.15) is 117 Å². The van der Waals surface area contributed by atoms with Gasteiger partial charge in [0.2, 0.25) is 5.91 Å². The minimum atomic E-state index is -0.944. The summed E-state index contributed by atoms with van der Waals surface area (Å²) in [6, 6.07) is -0.641. The molecular formula is C23H43NO5. The molecule has 0 unspecified atom stereocenters. The fraction of sp³-hybridized carbons (Fsp3) is 0.870. The lowest BCUT2D eigenvalue weighted by Crippen LogP contribution is -2.32. The average Bonchev–Trinajstić information content (AvgIpc) is 3.09. The molecule has 170 valence electrons. The van der Waals surface area contributed by atoms with E-state index in [0.29, 0.717) is 19.3 Å². The number of carboxylic acid groups (broad SMARTS) is 2. The van der Waals surface area contributed by atoms with E-state index in [-0.39, 0.29) is 5.91 Å². The Balaban J connectivity index is 0.000000717. The molecule has 0 aromatic carbocycles. The zero-order valence-electron chi connectivity index (χ0n) is 18.6. The Morgan fingerprint density at radius 2 is 1.31 bits per heavy atom. The maximum Gasteiger partial charge on any atom is 0.326 e. The Bertz CT molecular complexity index is 451. The zero-order valence-corrected chi connectivity index (χ0v) is 18.6. The number of hydrogen-bond donors (Lipinski definition) is 3. The van der Waals surface area contributed by atoms with E-state index in [2.05, 4.69) is 19.2 Å². The summed E-state index contributed by atoms with van der Waals surface area (Å²) in [5, 5.41) is 19.1. The van der Waals surface area contributed by atoms with Gasteiger partial charge in [-0.2, -0.15) is 0 Å². The first-order valence-electron chi connectivity index (χ1n) is 11.6. The van der Waals surface area contributed by atoms with Gasteiger partial charge in [0.25, 0.3) is 0 Å². The van der Waals surface area contributed by atoms with Gasteiger partial charge in [-0.05, 0) is 18.8 Å². The third-order valence-electron chi connectivity index (χ3n) is 5.22. The van der Waals surface area contributed by atoms with Gasteiger partial charge in [0.05, 0.1) is 0 Å². The van der Waals surface area contributed by atoms with Crippen LogP contribution in [0.3, 0.4) is 0 Å². The maximum atomic E-state index is 10.4. The van der Waals surface area contributed by atoms with Crippen molar-refractivity contribution in [3.8, 4) is 0 Å². The van der Waals surface area contributed by atoms with Crippen molar-refractivity contribution in [2.24, 2.45) is 5.92 Å². The summed E-state index contributed by atoms with van der Waals surface area (Å²) in [4.78, 5) is 30.8. The van der Waals surface area contributed by atoms with Gasteiger partial charge in [-0.25, -0.2) is 4.79 Å². The molecule has 0 saturated carbocycles. The van der Waals surface area contributed by atoms with Crippen molar-refractivity contribution in [2.45, 2.75) is 123 Å². The lowest BCUT2D eigenvalue weighted by atomic mass is 10.0. The first-order chi connectivity index (χ1) is 13.8. The molecule has 0 aromatic heterocycles. The number of carbonyl (C=O) groups is 3. The second-order valence-corrected chi connectivity index (χ2v) is 8.57. The Labute approximate surface area is 176 Å². The molecule has 1 aliphatic heterocycles. The van der Waals surface area contributed by atoms with Crippen molar-refractivity contribution >= 4 is 17.8 Å². The summed E-state index contributed by atoms with van der Waals surface area (Å²) in [6.07, 6.45) is 18.1. The molecule has 0 radical (unpaired) electrons. The van der Waals surface area contributed by atoms with Gasteiger partial charge in [0.1, 0.15) is 6.04 Å². The van der Waals surface area contributed by atoms with Crippen LogP contribution in [0.25, 0.3) is 0 Å². The van der Waals surface area contributed by atoms with E-state index in [1.54, 1.807) is 0 Å². The van der Waals surface area contributed by atoms with Crippen molar-refractivity contribution in [1.29, 1.82) is 0 Å². The topological polar surface area (TPSA) is 104 Å². The van der Waals surface area contributed by atoms with E-state index in [1.807, 2.05) is 0 Å². The van der Waals surface area contributed by atoms with Crippen LogP contribution in [0, 0.1) is 5.92 Å². The summed E-state index contributed by atoms with van der Waals surface area (Å²) in [5.74, 6) is -0.896. The summed E-state index contributed by atoms with van der Waals surface area (Å²) in [6.45, 7) is 4.61. The zero-order chi connectivity index (χ0) is 21.9. The van der Waals surface area contributed by atoms with Crippen molar-refractivity contribution in [2.75, 3.05) is 0 Å². The molecule has 3 N–H and O–H groups in total. The molecule has 1 atom stereocenters. The molecule has 1 saturated heterocycles. The highest BCUT2D eigenvalue weighted by atomic mass is 16.4. The van der Waals surface area contributed by atoms with Crippen LogP contribution >= 0.6 is 0 Å². The fourth-order valence-corrected chi connectivity index (χ4v) is 3.40. The molecule has 1 fully saturated rings. The number of unbranched alkanes of at least 4 members (excludes halogenated alkanes) is 11. The van der Waals surface area contributed by atoms with Gasteiger partial charge in [-0.1, -0.05) is 90.9 Å². The number of rotatable bonds is 16. The van der Waals surface area contributed by atoms with Crippen LogP contribution in [0.4, 0.5) is 0 Å². The first kappa shape index (κ1) is 27.4. The predicted molar refractivity (Wildman–Crippen MR) is 116 cm³/mol. The molecule has 6 heteroatoms. The largest absolute Gasteiger partial charge is 0.481 e. The van der Waals surface area contributed by atoms with Gasteiger partial charge >= 0.3 is 11.9 Å². The van der Waals surface area contributed by atoms with Crippen molar-refractivity contribution in [3.05, 3.63) is 0 Å². The molecule has 1 rings (SSSR count). The van der Waals surface area contributed by atoms with Crippen LogP contribution < -0.4 is 5.32 Å². The van der Waals surface area contributed by atoms with Gasteiger partial charge in [0, 0.05) is 12.8 Å². The summed E-state index contributed by atoms with van der Waals surface area (Å²) in [5.41, 5.74) is 0. The molecule has 0 spiro atoms. The number of carboxylic acids is 2. The van der Waals surface area contributed by atoms with Crippen LogP contribution in [-0.2, 0) is 14.4 Å². The highest BCUT2D eigenvalue weighted by Crippen LogP contribution is 2.14. The number of amides is 1. The molecule has 0 aromatic rings. The smallest absolute Gasteiger partial charge is 0.326 e. The Hall–Kier alpha value is -1.59. The third-order valence-corrected chi connectivity index (χ3v) is 5.22. The van der Waals surface area contributed by atoms with Crippen molar-refractivity contribution in [1.82, 2.24) is 5.32 Å². The number of hydrogen-bond acceptors (Lipinski definition) is 3. The van der Waals surface area contributed by atoms with E-state index < -0.39 is 18.0 Å². The normalized spacial score (nSPS) is 15.7. The molecule has 1 amide bonds. The second-order valence-electron chi connectivity index (χ2n) is 8.57.